The first-order chi connectivity index (χ1) is 10.2. The molecule has 0 fully saturated rings. The normalized spacial score (nSPS) is 21.1. The van der Waals surface area contributed by atoms with Gasteiger partial charge in [0.05, 0.1) is 7.11 Å². The van der Waals surface area contributed by atoms with E-state index < -0.39 is 0 Å². The summed E-state index contributed by atoms with van der Waals surface area (Å²) in [6.45, 7) is 0. The van der Waals surface area contributed by atoms with E-state index in [1.807, 2.05) is 24.7 Å². The summed E-state index contributed by atoms with van der Waals surface area (Å²) in [4.78, 5) is 0. The first-order valence-electron chi connectivity index (χ1n) is 7.07. The number of rotatable bonds is 4. The summed E-state index contributed by atoms with van der Waals surface area (Å²) in [6.07, 6.45) is 3.96. The van der Waals surface area contributed by atoms with E-state index in [9.17, 15) is 0 Å². The van der Waals surface area contributed by atoms with Crippen LogP contribution in [0.2, 0.25) is 0 Å². The van der Waals surface area contributed by atoms with Gasteiger partial charge in [0.25, 0.3) is 0 Å². The Morgan fingerprint density at radius 3 is 2.95 bits per heavy atom. The van der Waals surface area contributed by atoms with Crippen molar-refractivity contribution in [2.24, 2.45) is 7.05 Å². The van der Waals surface area contributed by atoms with E-state index in [1.165, 1.54) is 11.1 Å². The SMILES string of the molecule is CNC1c2cc(OC)ccc2CCC1Sc1nncn1C. The van der Waals surface area contributed by atoms with Gasteiger partial charge in [-0.15, -0.1) is 10.2 Å². The Morgan fingerprint density at radius 1 is 1.43 bits per heavy atom. The Balaban J connectivity index is 1.88. The molecule has 2 aromatic rings. The molecule has 0 bridgehead atoms. The van der Waals surface area contributed by atoms with Gasteiger partial charge in [-0.25, -0.2) is 0 Å². The van der Waals surface area contributed by atoms with Crippen LogP contribution in [0.25, 0.3) is 0 Å². The standard InChI is InChI=1S/C15H20N4OS/c1-16-14-12-8-11(20-3)6-4-10(12)5-7-13(14)21-15-18-17-9-19(15)2/h4,6,8-9,13-14,16H,5,7H2,1-3H3. The molecule has 0 saturated carbocycles. The Morgan fingerprint density at radius 2 is 2.29 bits per heavy atom. The van der Waals surface area contributed by atoms with Crippen molar-refractivity contribution in [3.8, 4) is 5.75 Å². The zero-order valence-electron chi connectivity index (χ0n) is 12.5. The second kappa shape index (κ2) is 6.07. The summed E-state index contributed by atoms with van der Waals surface area (Å²) in [7, 11) is 5.71. The number of aromatic nitrogens is 3. The number of benzene rings is 1. The van der Waals surface area contributed by atoms with Crippen molar-refractivity contribution in [1.29, 1.82) is 0 Å². The summed E-state index contributed by atoms with van der Waals surface area (Å²) in [6, 6.07) is 6.68. The quantitative estimate of drug-likeness (QED) is 0.938. The molecule has 2 unspecified atom stereocenters. The highest BCUT2D eigenvalue weighted by atomic mass is 32.2. The number of methoxy groups -OCH3 is 1. The molecule has 1 heterocycles. The van der Waals surface area contributed by atoms with Crippen LogP contribution in [0.1, 0.15) is 23.6 Å². The molecule has 21 heavy (non-hydrogen) atoms. The number of nitrogens with zero attached hydrogens (tertiary/aromatic N) is 3. The maximum atomic E-state index is 5.37. The highest BCUT2D eigenvalue weighted by Crippen LogP contribution is 2.40. The lowest BCUT2D eigenvalue weighted by atomic mass is 9.87. The predicted octanol–water partition coefficient (Wildman–Crippen LogP) is 2.19. The number of fused-ring (bicyclic) bond motifs is 1. The van der Waals surface area contributed by atoms with Crippen LogP contribution in [0.4, 0.5) is 0 Å². The van der Waals surface area contributed by atoms with Gasteiger partial charge in [-0.2, -0.15) is 0 Å². The van der Waals surface area contributed by atoms with E-state index in [4.69, 9.17) is 4.74 Å². The molecule has 5 nitrogen and oxygen atoms in total. The lowest BCUT2D eigenvalue weighted by Gasteiger charge is -2.33. The van der Waals surface area contributed by atoms with Gasteiger partial charge in [-0.05, 0) is 43.1 Å². The van der Waals surface area contributed by atoms with Crippen molar-refractivity contribution in [3.05, 3.63) is 35.7 Å². The molecule has 112 valence electrons. The molecule has 1 aliphatic rings. The smallest absolute Gasteiger partial charge is 0.191 e. The number of hydrogen-bond donors (Lipinski definition) is 1. The van der Waals surface area contributed by atoms with E-state index >= 15 is 0 Å². The maximum absolute atomic E-state index is 5.37. The number of thioether (sulfide) groups is 1. The van der Waals surface area contributed by atoms with E-state index in [1.54, 1.807) is 25.2 Å². The lowest BCUT2D eigenvalue weighted by molar-refractivity contribution is 0.411. The van der Waals surface area contributed by atoms with Crippen molar-refractivity contribution < 1.29 is 4.74 Å². The largest absolute Gasteiger partial charge is 0.497 e. The van der Waals surface area contributed by atoms with Crippen LogP contribution in [0.5, 0.6) is 5.75 Å². The van der Waals surface area contributed by atoms with Gasteiger partial charge in [0.1, 0.15) is 12.1 Å². The van der Waals surface area contributed by atoms with Crippen LogP contribution < -0.4 is 10.1 Å². The minimum Gasteiger partial charge on any atom is -0.497 e. The van der Waals surface area contributed by atoms with Crippen molar-refractivity contribution in [2.75, 3.05) is 14.2 Å². The first-order valence-corrected chi connectivity index (χ1v) is 7.95. The average Bonchev–Trinajstić information content (AvgIpc) is 2.91. The zero-order valence-corrected chi connectivity index (χ0v) is 13.4. The third kappa shape index (κ3) is 2.78. The van der Waals surface area contributed by atoms with Gasteiger partial charge in [0.2, 0.25) is 0 Å². The second-order valence-electron chi connectivity index (χ2n) is 5.25. The van der Waals surface area contributed by atoms with Crippen LogP contribution in [-0.2, 0) is 13.5 Å². The van der Waals surface area contributed by atoms with Gasteiger partial charge < -0.3 is 14.6 Å². The lowest BCUT2D eigenvalue weighted by Crippen LogP contribution is -2.32. The van der Waals surface area contributed by atoms with Gasteiger partial charge in [0, 0.05) is 18.3 Å². The summed E-state index contributed by atoms with van der Waals surface area (Å²) >= 11 is 1.79. The van der Waals surface area contributed by atoms with Crippen LogP contribution in [0, 0.1) is 0 Å². The van der Waals surface area contributed by atoms with Gasteiger partial charge >= 0.3 is 0 Å². The minimum absolute atomic E-state index is 0.297. The summed E-state index contributed by atoms with van der Waals surface area (Å²) in [5, 5.41) is 13.0. The first kappa shape index (κ1) is 14.4. The molecule has 0 radical (unpaired) electrons. The van der Waals surface area contributed by atoms with Gasteiger partial charge in [-0.3, -0.25) is 0 Å². The summed E-state index contributed by atoms with van der Waals surface area (Å²) < 4.78 is 7.34. The Bertz CT molecular complexity index is 628. The number of hydrogen-bond acceptors (Lipinski definition) is 5. The monoisotopic (exact) mass is 304 g/mol. The van der Waals surface area contributed by atoms with Gasteiger partial charge in [-0.1, -0.05) is 17.8 Å². The molecule has 3 rings (SSSR count). The Labute approximate surface area is 129 Å². The van der Waals surface area contributed by atoms with Gasteiger partial charge in [0.15, 0.2) is 5.16 Å². The molecule has 6 heteroatoms. The third-order valence-corrected chi connectivity index (χ3v) is 5.39. The topological polar surface area (TPSA) is 52.0 Å². The fraction of sp³-hybridized carbons (Fsp3) is 0.467. The van der Waals surface area contributed by atoms with E-state index in [0.29, 0.717) is 11.3 Å². The van der Waals surface area contributed by atoms with E-state index in [-0.39, 0.29) is 0 Å². The molecular weight excluding hydrogens is 284 g/mol. The molecule has 1 aliphatic carbocycles. The van der Waals surface area contributed by atoms with Crippen LogP contribution in [-0.4, -0.2) is 34.2 Å². The molecule has 0 amide bonds. The minimum atomic E-state index is 0.297. The molecule has 0 aliphatic heterocycles. The second-order valence-corrected chi connectivity index (χ2v) is 6.46. The Kier molecular flexibility index (Phi) is 4.17. The fourth-order valence-corrected chi connectivity index (χ4v) is 4.10. The molecule has 0 spiro atoms. The predicted molar refractivity (Wildman–Crippen MR) is 83.8 cm³/mol. The average molecular weight is 304 g/mol. The number of aryl methyl sites for hydroxylation is 2. The van der Waals surface area contributed by atoms with Crippen molar-refractivity contribution in [1.82, 2.24) is 20.1 Å². The zero-order chi connectivity index (χ0) is 14.8. The van der Waals surface area contributed by atoms with E-state index in [0.717, 1.165) is 23.7 Å². The van der Waals surface area contributed by atoms with Crippen molar-refractivity contribution >= 4 is 11.8 Å². The highest BCUT2D eigenvalue weighted by Gasteiger charge is 2.30. The van der Waals surface area contributed by atoms with Crippen LogP contribution in [0.3, 0.4) is 0 Å². The van der Waals surface area contributed by atoms with Crippen LogP contribution in [0.15, 0.2) is 29.7 Å². The fourth-order valence-electron chi connectivity index (χ4n) is 2.86. The van der Waals surface area contributed by atoms with E-state index in [2.05, 4.69) is 27.6 Å². The molecule has 0 saturated heterocycles. The summed E-state index contributed by atoms with van der Waals surface area (Å²) in [5.41, 5.74) is 2.74. The molecule has 2 atom stereocenters. The molecule has 1 N–H and O–H groups in total. The number of nitrogens with one attached hydrogen (secondary N) is 1. The molecular formula is C15H20N4OS. The summed E-state index contributed by atoms with van der Waals surface area (Å²) in [5.74, 6) is 0.915. The van der Waals surface area contributed by atoms with Crippen LogP contribution >= 0.6 is 11.8 Å². The Hall–Kier alpha value is -1.53. The van der Waals surface area contributed by atoms with Crippen molar-refractivity contribution in [2.45, 2.75) is 29.3 Å². The van der Waals surface area contributed by atoms with Crippen molar-refractivity contribution in [3.63, 3.8) is 0 Å². The number of ether oxygens (including phenoxy) is 1. The molecule has 1 aromatic heterocycles. The highest BCUT2D eigenvalue weighted by molar-refractivity contribution is 7.99. The molecule has 1 aromatic carbocycles. The maximum Gasteiger partial charge on any atom is 0.191 e. The third-order valence-electron chi connectivity index (χ3n) is 4.00.